The van der Waals surface area contributed by atoms with E-state index in [-0.39, 0.29) is 6.54 Å². The number of fused-ring (bicyclic) bond motifs is 1. The molecular formula is C18H19N5O. The molecule has 0 aliphatic rings. The Balaban J connectivity index is 1.97. The second-order valence-corrected chi connectivity index (χ2v) is 5.98. The predicted molar refractivity (Wildman–Crippen MR) is 92.6 cm³/mol. The van der Waals surface area contributed by atoms with Crippen LogP contribution in [-0.2, 0) is 7.05 Å². The minimum absolute atomic E-state index is 0.284. The summed E-state index contributed by atoms with van der Waals surface area (Å²) in [5, 5.41) is 27.9. The van der Waals surface area contributed by atoms with Gasteiger partial charge in [0.05, 0.1) is 29.1 Å². The molecule has 6 nitrogen and oxygen atoms in total. The summed E-state index contributed by atoms with van der Waals surface area (Å²) >= 11 is 0. The van der Waals surface area contributed by atoms with Crippen LogP contribution in [0.1, 0.15) is 28.4 Å². The summed E-state index contributed by atoms with van der Waals surface area (Å²) < 4.78 is 1.65. The molecule has 122 valence electrons. The molecule has 0 aliphatic heterocycles. The maximum Gasteiger partial charge on any atom is 0.103 e. The van der Waals surface area contributed by atoms with E-state index in [1.54, 1.807) is 30.3 Å². The fraction of sp³-hybridized carbons (Fsp3) is 0.278. The van der Waals surface area contributed by atoms with Crippen molar-refractivity contribution < 1.29 is 5.11 Å². The number of hydrogen-bond donors (Lipinski definition) is 2. The monoisotopic (exact) mass is 321 g/mol. The summed E-state index contributed by atoms with van der Waals surface area (Å²) in [4.78, 5) is 4.40. The molecule has 6 heteroatoms. The average molecular weight is 321 g/mol. The second-order valence-electron chi connectivity index (χ2n) is 5.98. The van der Waals surface area contributed by atoms with Gasteiger partial charge < -0.3 is 10.4 Å². The molecule has 0 radical (unpaired) electrons. The molecule has 0 aliphatic carbocycles. The van der Waals surface area contributed by atoms with Crippen LogP contribution < -0.4 is 5.32 Å². The molecule has 0 saturated carbocycles. The Labute approximate surface area is 140 Å². The number of nitrogens with one attached hydrogen (secondary N) is 1. The summed E-state index contributed by atoms with van der Waals surface area (Å²) in [6.07, 6.45) is 4.27. The summed E-state index contributed by atoms with van der Waals surface area (Å²) in [5.74, 6) is 0. The van der Waals surface area contributed by atoms with Crippen molar-refractivity contribution in [3.05, 3.63) is 53.0 Å². The molecular weight excluding hydrogens is 302 g/mol. The van der Waals surface area contributed by atoms with Crippen molar-refractivity contribution in [2.24, 2.45) is 7.05 Å². The molecule has 1 unspecified atom stereocenters. The predicted octanol–water partition coefficient (Wildman–Crippen LogP) is 2.60. The van der Waals surface area contributed by atoms with Crippen LogP contribution >= 0.6 is 0 Å². The summed E-state index contributed by atoms with van der Waals surface area (Å²) in [7, 11) is 1.80. The van der Waals surface area contributed by atoms with Gasteiger partial charge in [0.15, 0.2) is 0 Å². The van der Waals surface area contributed by atoms with Crippen LogP contribution in [0.25, 0.3) is 10.9 Å². The number of pyridine rings is 1. The first-order valence-corrected chi connectivity index (χ1v) is 7.70. The number of rotatable bonds is 4. The van der Waals surface area contributed by atoms with Crippen molar-refractivity contribution in [1.82, 2.24) is 14.8 Å². The highest BCUT2D eigenvalue weighted by Crippen LogP contribution is 2.29. The number of aliphatic hydroxyl groups is 1. The zero-order valence-electron chi connectivity index (χ0n) is 13.9. The number of nitriles is 1. The van der Waals surface area contributed by atoms with Crippen LogP contribution in [0.4, 0.5) is 5.69 Å². The van der Waals surface area contributed by atoms with E-state index < -0.39 is 6.10 Å². The number of anilines is 1. The number of hydrogen-bond acceptors (Lipinski definition) is 5. The van der Waals surface area contributed by atoms with Crippen molar-refractivity contribution in [3.63, 3.8) is 0 Å². The minimum Gasteiger partial charge on any atom is -0.386 e. The van der Waals surface area contributed by atoms with E-state index in [1.807, 2.05) is 19.9 Å². The molecule has 0 fully saturated rings. The van der Waals surface area contributed by atoms with Gasteiger partial charge in [-0.1, -0.05) is 11.6 Å². The van der Waals surface area contributed by atoms with Gasteiger partial charge in [-0.15, -0.1) is 0 Å². The first-order chi connectivity index (χ1) is 11.5. The molecule has 3 aromatic rings. The van der Waals surface area contributed by atoms with E-state index in [1.165, 1.54) is 0 Å². The van der Waals surface area contributed by atoms with Crippen molar-refractivity contribution in [3.8, 4) is 6.07 Å². The third-order valence-electron chi connectivity index (χ3n) is 4.01. The van der Waals surface area contributed by atoms with Crippen molar-refractivity contribution >= 4 is 16.6 Å². The number of nitrogens with zero attached hydrogens (tertiary/aromatic N) is 4. The SMILES string of the molecule is Cc1cc(C)c2ncc(C#N)c(NCC(O)c3cnn(C)c3)c2c1. The van der Waals surface area contributed by atoms with Crippen molar-refractivity contribution in [1.29, 1.82) is 5.26 Å². The highest BCUT2D eigenvalue weighted by atomic mass is 16.3. The van der Waals surface area contributed by atoms with Gasteiger partial charge in [-0.3, -0.25) is 9.67 Å². The molecule has 1 aromatic carbocycles. The molecule has 3 rings (SSSR count). The zero-order chi connectivity index (χ0) is 17.3. The van der Waals surface area contributed by atoms with E-state index in [2.05, 4.69) is 27.5 Å². The highest BCUT2D eigenvalue weighted by Gasteiger charge is 2.14. The third-order valence-corrected chi connectivity index (χ3v) is 4.01. The lowest BCUT2D eigenvalue weighted by Crippen LogP contribution is -2.13. The Morgan fingerprint density at radius 2 is 2.12 bits per heavy atom. The van der Waals surface area contributed by atoms with E-state index in [9.17, 15) is 10.4 Å². The maximum atomic E-state index is 10.3. The first kappa shape index (κ1) is 16.0. The van der Waals surface area contributed by atoms with E-state index in [4.69, 9.17) is 0 Å². The molecule has 2 heterocycles. The van der Waals surface area contributed by atoms with Crippen LogP contribution in [0.15, 0.2) is 30.7 Å². The topological polar surface area (TPSA) is 86.8 Å². The molecule has 0 amide bonds. The third kappa shape index (κ3) is 2.94. The fourth-order valence-electron chi connectivity index (χ4n) is 2.86. The smallest absolute Gasteiger partial charge is 0.103 e. The van der Waals surface area contributed by atoms with Crippen molar-refractivity contribution in [2.75, 3.05) is 11.9 Å². The normalized spacial score (nSPS) is 12.1. The molecule has 0 saturated heterocycles. The molecule has 1 atom stereocenters. The number of benzene rings is 1. The van der Waals surface area contributed by atoms with Gasteiger partial charge in [-0.05, 0) is 25.5 Å². The number of aryl methyl sites for hydroxylation is 3. The second kappa shape index (κ2) is 6.30. The number of aromatic nitrogens is 3. The first-order valence-electron chi connectivity index (χ1n) is 7.70. The molecule has 0 bridgehead atoms. The van der Waals surface area contributed by atoms with E-state index in [0.29, 0.717) is 11.3 Å². The summed E-state index contributed by atoms with van der Waals surface area (Å²) in [5.41, 5.74) is 4.92. The fourth-order valence-corrected chi connectivity index (χ4v) is 2.86. The largest absolute Gasteiger partial charge is 0.386 e. The highest BCUT2D eigenvalue weighted by molar-refractivity contribution is 5.96. The quantitative estimate of drug-likeness (QED) is 0.771. The van der Waals surface area contributed by atoms with E-state index >= 15 is 0 Å². The lowest BCUT2D eigenvalue weighted by atomic mass is 10.0. The van der Waals surface area contributed by atoms with Gasteiger partial charge in [0, 0.05) is 36.9 Å². The van der Waals surface area contributed by atoms with Crippen LogP contribution in [0.2, 0.25) is 0 Å². The Bertz CT molecular complexity index is 938. The van der Waals surface area contributed by atoms with Gasteiger partial charge in [-0.25, -0.2) is 0 Å². The van der Waals surface area contributed by atoms with Gasteiger partial charge in [0.1, 0.15) is 6.07 Å². The van der Waals surface area contributed by atoms with Gasteiger partial charge >= 0.3 is 0 Å². The van der Waals surface area contributed by atoms with E-state index in [0.717, 1.165) is 27.6 Å². The number of aliphatic hydroxyl groups excluding tert-OH is 1. The Hall–Kier alpha value is -2.91. The van der Waals surface area contributed by atoms with Crippen LogP contribution in [0, 0.1) is 25.2 Å². The average Bonchev–Trinajstić information content (AvgIpc) is 2.98. The molecule has 2 N–H and O–H groups in total. The molecule has 2 aromatic heterocycles. The lowest BCUT2D eigenvalue weighted by molar-refractivity contribution is 0.191. The van der Waals surface area contributed by atoms with Gasteiger partial charge in [0.2, 0.25) is 0 Å². The van der Waals surface area contributed by atoms with Crippen molar-refractivity contribution in [2.45, 2.75) is 20.0 Å². The summed E-state index contributed by atoms with van der Waals surface area (Å²) in [6.45, 7) is 4.30. The molecule has 24 heavy (non-hydrogen) atoms. The zero-order valence-corrected chi connectivity index (χ0v) is 13.9. The Morgan fingerprint density at radius 3 is 2.79 bits per heavy atom. The molecule has 0 spiro atoms. The Morgan fingerprint density at radius 1 is 1.33 bits per heavy atom. The maximum absolute atomic E-state index is 10.3. The van der Waals surface area contributed by atoms with Crippen LogP contribution in [0.5, 0.6) is 0 Å². The lowest BCUT2D eigenvalue weighted by Gasteiger charge is -2.15. The van der Waals surface area contributed by atoms with Crippen LogP contribution in [0.3, 0.4) is 0 Å². The van der Waals surface area contributed by atoms with Gasteiger partial charge in [-0.2, -0.15) is 10.4 Å². The van der Waals surface area contributed by atoms with Gasteiger partial charge in [0.25, 0.3) is 0 Å². The Kier molecular flexibility index (Phi) is 4.19. The standard InChI is InChI=1S/C18H19N5O/c1-11-4-12(2)17-15(5-11)18(13(6-19)7-20-17)21-9-16(24)14-8-22-23(3)10-14/h4-5,7-8,10,16,24H,9H2,1-3H3,(H,20,21). The van der Waals surface area contributed by atoms with Crippen LogP contribution in [-0.4, -0.2) is 26.4 Å². The summed E-state index contributed by atoms with van der Waals surface area (Å²) in [6, 6.07) is 6.25. The minimum atomic E-state index is -0.709.